The van der Waals surface area contributed by atoms with E-state index in [0.29, 0.717) is 22.3 Å². The summed E-state index contributed by atoms with van der Waals surface area (Å²) in [5.41, 5.74) is 6.32. The van der Waals surface area contributed by atoms with Crippen LogP contribution in [-0.2, 0) is 6.42 Å². The van der Waals surface area contributed by atoms with Gasteiger partial charge in [-0.3, -0.25) is 9.59 Å². The Morgan fingerprint density at radius 1 is 0.667 bits per heavy atom. The van der Waals surface area contributed by atoms with E-state index in [1.165, 1.54) is 24.8 Å². The summed E-state index contributed by atoms with van der Waals surface area (Å²) in [7, 11) is 0. The zero-order valence-corrected chi connectivity index (χ0v) is 20.6. The van der Waals surface area contributed by atoms with Crippen molar-refractivity contribution in [2.75, 3.05) is 0 Å². The van der Waals surface area contributed by atoms with Crippen LogP contribution in [0.25, 0.3) is 20.9 Å². The van der Waals surface area contributed by atoms with Crippen molar-refractivity contribution in [3.05, 3.63) is 92.7 Å². The van der Waals surface area contributed by atoms with Gasteiger partial charge in [-0.1, -0.05) is 62.6 Å². The van der Waals surface area contributed by atoms with Crippen LogP contribution in [0.5, 0.6) is 0 Å². The number of hydrogen-bond donors (Lipinski definition) is 0. The van der Waals surface area contributed by atoms with Gasteiger partial charge < -0.3 is 0 Å². The van der Waals surface area contributed by atoms with Gasteiger partial charge in [-0.15, -0.1) is 22.7 Å². The number of hydrogen-bond acceptors (Lipinski definition) is 4. The predicted molar refractivity (Wildman–Crippen MR) is 139 cm³/mol. The van der Waals surface area contributed by atoms with Crippen molar-refractivity contribution in [2.45, 2.75) is 46.0 Å². The molecule has 4 heteroatoms. The summed E-state index contributed by atoms with van der Waals surface area (Å²) in [4.78, 5) is 29.8. The molecule has 0 saturated carbocycles. The van der Waals surface area contributed by atoms with Gasteiger partial charge in [0.15, 0.2) is 11.6 Å². The average Bonchev–Trinajstić information content (AvgIpc) is 3.48. The predicted octanol–water partition coefficient (Wildman–Crippen LogP) is 8.35. The van der Waals surface area contributed by atoms with E-state index in [2.05, 4.69) is 37.4 Å². The van der Waals surface area contributed by atoms with Gasteiger partial charge in [0.25, 0.3) is 0 Å². The summed E-state index contributed by atoms with van der Waals surface area (Å²) in [6.07, 6.45) is 5.81. The molecule has 0 aliphatic heterocycles. The minimum absolute atomic E-state index is 0.0448. The molecule has 0 atom stereocenters. The zero-order valence-electron chi connectivity index (χ0n) is 18.9. The lowest BCUT2D eigenvalue weighted by Gasteiger charge is -2.23. The van der Waals surface area contributed by atoms with Crippen molar-refractivity contribution >= 4 is 34.2 Å². The molecule has 2 aromatic heterocycles. The maximum Gasteiger partial charge on any atom is 0.195 e. The second-order valence-corrected chi connectivity index (χ2v) is 10.5. The maximum atomic E-state index is 13.8. The molecule has 5 rings (SSSR count). The number of rotatable bonds is 7. The van der Waals surface area contributed by atoms with Gasteiger partial charge >= 0.3 is 0 Å². The first-order valence-corrected chi connectivity index (χ1v) is 13.3. The molecule has 4 aromatic rings. The Morgan fingerprint density at radius 3 is 1.88 bits per heavy atom. The molecule has 1 aliphatic carbocycles. The highest BCUT2D eigenvalue weighted by Crippen LogP contribution is 2.44. The van der Waals surface area contributed by atoms with Gasteiger partial charge in [0, 0.05) is 43.1 Å². The Balaban J connectivity index is 1.70. The van der Waals surface area contributed by atoms with Crippen LogP contribution in [0.4, 0.5) is 0 Å². The molecule has 0 saturated heterocycles. The Bertz CT molecular complexity index is 1360. The van der Waals surface area contributed by atoms with Gasteiger partial charge in [-0.25, -0.2) is 0 Å². The highest BCUT2D eigenvalue weighted by Gasteiger charge is 2.35. The number of fused-ring (bicyclic) bond motifs is 2. The summed E-state index contributed by atoms with van der Waals surface area (Å²) in [5.74, 6) is -0.0949. The van der Waals surface area contributed by atoms with Crippen LogP contribution in [0.3, 0.4) is 0 Å². The quantitative estimate of drug-likeness (QED) is 0.224. The first kappa shape index (κ1) is 22.0. The van der Waals surface area contributed by atoms with Gasteiger partial charge in [-0.2, -0.15) is 0 Å². The molecule has 2 heterocycles. The van der Waals surface area contributed by atoms with Gasteiger partial charge in [0.2, 0.25) is 0 Å². The van der Waals surface area contributed by atoms with E-state index >= 15 is 0 Å². The van der Waals surface area contributed by atoms with E-state index in [4.69, 9.17) is 0 Å². The first-order valence-electron chi connectivity index (χ1n) is 11.6. The summed E-state index contributed by atoms with van der Waals surface area (Å²) in [5, 5.41) is 4.15. The van der Waals surface area contributed by atoms with Gasteiger partial charge in [-0.05, 0) is 53.8 Å². The first-order chi connectivity index (χ1) is 16.1. The number of unbranched alkanes of at least 4 members (excludes halogenated alkanes) is 3. The van der Waals surface area contributed by atoms with Crippen molar-refractivity contribution < 1.29 is 9.59 Å². The van der Waals surface area contributed by atoms with Crippen molar-refractivity contribution in [1.82, 2.24) is 0 Å². The fraction of sp³-hybridized carbons (Fsp3) is 0.241. The number of thiophene rings is 2. The van der Waals surface area contributed by atoms with Crippen LogP contribution in [-0.4, -0.2) is 11.6 Å². The fourth-order valence-electron chi connectivity index (χ4n) is 4.76. The zero-order chi connectivity index (χ0) is 22.9. The topological polar surface area (TPSA) is 34.1 Å². The summed E-state index contributed by atoms with van der Waals surface area (Å²) in [6, 6.07) is 15.6. The van der Waals surface area contributed by atoms with E-state index in [1.807, 2.05) is 23.6 Å². The van der Waals surface area contributed by atoms with E-state index in [-0.39, 0.29) is 11.6 Å². The van der Waals surface area contributed by atoms with Crippen LogP contribution < -0.4 is 0 Å². The van der Waals surface area contributed by atoms with E-state index < -0.39 is 0 Å². The summed E-state index contributed by atoms with van der Waals surface area (Å²) >= 11 is 3.29. The maximum absolute atomic E-state index is 13.8. The summed E-state index contributed by atoms with van der Waals surface area (Å²) < 4.78 is 0. The third kappa shape index (κ3) is 3.81. The number of carbonyl (C=O) groups excluding carboxylic acids is 2. The Labute approximate surface area is 202 Å². The average molecular weight is 471 g/mol. The van der Waals surface area contributed by atoms with Crippen molar-refractivity contribution in [3.63, 3.8) is 0 Å². The molecule has 0 fully saturated rings. The molecule has 0 spiro atoms. The molecule has 33 heavy (non-hydrogen) atoms. The molecular weight excluding hydrogens is 444 g/mol. The molecule has 166 valence electrons. The molecular formula is C29H26O2S2. The standard InChI is InChI=1S/C29H26O2S2/c1-3-4-5-6-9-19-15-17-33-29(19)23-13-12-22(28-18(2)14-16-32-28)24-25(23)27(31)21-11-8-7-10-20(21)26(24)30/h7-8,10-17H,3-6,9H2,1-2H3. The Kier molecular flexibility index (Phi) is 6.13. The highest BCUT2D eigenvalue weighted by atomic mass is 32.1. The minimum atomic E-state index is -0.0501. The third-order valence-corrected chi connectivity index (χ3v) is 8.51. The smallest absolute Gasteiger partial charge is 0.195 e. The number of benzene rings is 2. The van der Waals surface area contributed by atoms with Crippen LogP contribution in [0.2, 0.25) is 0 Å². The molecule has 0 bridgehead atoms. The molecule has 2 aromatic carbocycles. The lowest BCUT2D eigenvalue weighted by atomic mass is 9.78. The monoisotopic (exact) mass is 470 g/mol. The lowest BCUT2D eigenvalue weighted by molar-refractivity contribution is 0.0980. The van der Waals surface area contributed by atoms with Crippen molar-refractivity contribution in [2.24, 2.45) is 0 Å². The molecule has 0 radical (unpaired) electrons. The van der Waals surface area contributed by atoms with Gasteiger partial charge in [0.05, 0.1) is 0 Å². The largest absolute Gasteiger partial charge is 0.289 e. The highest BCUT2D eigenvalue weighted by molar-refractivity contribution is 7.14. The Morgan fingerprint density at radius 2 is 1.27 bits per heavy atom. The minimum Gasteiger partial charge on any atom is -0.289 e. The number of ketones is 2. The second-order valence-electron chi connectivity index (χ2n) is 8.63. The van der Waals surface area contributed by atoms with Crippen molar-refractivity contribution in [1.29, 1.82) is 0 Å². The van der Waals surface area contributed by atoms with E-state index in [1.54, 1.807) is 34.8 Å². The van der Waals surface area contributed by atoms with E-state index in [0.717, 1.165) is 39.3 Å². The Hall–Kier alpha value is -2.82. The molecule has 2 nitrogen and oxygen atoms in total. The van der Waals surface area contributed by atoms with Crippen LogP contribution in [0.15, 0.2) is 59.3 Å². The second kappa shape index (κ2) is 9.20. The molecule has 0 amide bonds. The molecule has 0 unspecified atom stereocenters. The fourth-order valence-corrected chi connectivity index (χ4v) is 6.71. The van der Waals surface area contributed by atoms with Crippen molar-refractivity contribution in [3.8, 4) is 20.9 Å². The van der Waals surface area contributed by atoms with Crippen LogP contribution in [0, 0.1) is 6.92 Å². The summed E-state index contributed by atoms with van der Waals surface area (Å²) in [6.45, 7) is 4.28. The number of aryl methyl sites for hydroxylation is 2. The molecule has 1 aliphatic rings. The molecule has 0 N–H and O–H groups in total. The third-order valence-electron chi connectivity index (χ3n) is 6.47. The normalized spacial score (nSPS) is 12.7. The van der Waals surface area contributed by atoms with Crippen LogP contribution >= 0.6 is 22.7 Å². The lowest BCUT2D eigenvalue weighted by Crippen LogP contribution is -2.22. The van der Waals surface area contributed by atoms with E-state index in [9.17, 15) is 9.59 Å². The number of carbonyl (C=O) groups is 2. The SMILES string of the molecule is CCCCCCc1ccsc1-c1ccc(-c2sccc2C)c2c1C(=O)c1ccccc1C2=O. The van der Waals surface area contributed by atoms with Crippen LogP contribution in [0.1, 0.15) is 75.6 Å². The van der Waals surface area contributed by atoms with Gasteiger partial charge in [0.1, 0.15) is 0 Å².